The monoisotopic (exact) mass is 754 g/mol. The second kappa shape index (κ2) is 21.9. The summed E-state index contributed by atoms with van der Waals surface area (Å²) in [7, 11) is 2.48. The second-order valence-corrected chi connectivity index (χ2v) is 13.9. The van der Waals surface area contributed by atoms with Gasteiger partial charge in [0, 0.05) is 30.4 Å². The van der Waals surface area contributed by atoms with Gasteiger partial charge in [0.05, 0.1) is 20.4 Å². The van der Waals surface area contributed by atoms with E-state index in [0.717, 1.165) is 34.1 Å². The number of nitrogens with zero attached hydrogens (tertiary/aromatic N) is 3. The summed E-state index contributed by atoms with van der Waals surface area (Å²) in [4.78, 5) is 64.5. The second-order valence-electron chi connectivity index (χ2n) is 13.9. The Balaban J connectivity index is 0.000000314. The Morgan fingerprint density at radius 3 is 1.33 bits per heavy atom. The highest BCUT2D eigenvalue weighted by Crippen LogP contribution is 2.21. The van der Waals surface area contributed by atoms with Gasteiger partial charge in [0.15, 0.2) is 0 Å². The molecular formula is C40H50N8O7. The number of nitrogens with one attached hydrogen (secondary N) is 4. The van der Waals surface area contributed by atoms with Crippen molar-refractivity contribution in [2.24, 2.45) is 21.8 Å². The molecule has 0 radical (unpaired) electrons. The van der Waals surface area contributed by atoms with Crippen molar-refractivity contribution in [3.8, 4) is 22.3 Å². The number of hydrazine groups is 1. The molecule has 0 saturated heterocycles. The molecule has 2 unspecified atom stereocenters. The number of benzene rings is 2. The van der Waals surface area contributed by atoms with Gasteiger partial charge in [-0.25, -0.2) is 20.9 Å². The number of hydrogen-bond donors (Lipinski definition) is 5. The van der Waals surface area contributed by atoms with E-state index in [2.05, 4.69) is 40.6 Å². The fraction of sp³-hybridized carbons (Fsp3) is 0.300. The number of hydrogen-bond acceptors (Lipinski definition) is 11. The molecule has 2 aromatic heterocycles. The maximum atomic E-state index is 12.4. The molecule has 4 rings (SSSR count). The van der Waals surface area contributed by atoms with Crippen LogP contribution in [0.3, 0.4) is 0 Å². The highest BCUT2D eigenvalue weighted by molar-refractivity contribution is 5.88. The number of carbonyl (C=O) groups excluding carboxylic acids is 5. The highest BCUT2D eigenvalue weighted by Gasteiger charge is 2.33. The standard InChI is InChI=1S/C20H24N4O3.C12H9NO.C8H17N3O3/c1-20(2,3)17(23-19(26)27-4)18(25)24-22-13-14-5-7-15(8-6-14)16-9-11-21-12-10-16;14-9-10-1-3-11(4-2-10)12-5-7-13-8-6-12;1-8(2,3)5(6(12)11-9)10-7(13)14-4/h5-13,17H,1-4H3,(H,23,26)(H,24,25);1-9H;5H,9H2,1-4H3,(H,10,13)(H,11,12)/b22-13-;;. The van der Waals surface area contributed by atoms with Crippen molar-refractivity contribution >= 4 is 36.5 Å². The largest absolute Gasteiger partial charge is 0.453 e. The molecule has 4 amide bonds. The first-order valence-electron chi connectivity index (χ1n) is 17.0. The normalized spacial score (nSPS) is 11.9. The lowest BCUT2D eigenvalue weighted by atomic mass is 9.86. The number of aromatic nitrogens is 2. The summed E-state index contributed by atoms with van der Waals surface area (Å²) in [6.45, 7) is 11.0. The minimum atomic E-state index is -0.781. The topological polar surface area (TPSA) is 216 Å². The van der Waals surface area contributed by atoms with E-state index in [9.17, 15) is 24.0 Å². The average molecular weight is 755 g/mol. The summed E-state index contributed by atoms with van der Waals surface area (Å²) in [5.74, 6) is 4.12. The lowest BCUT2D eigenvalue weighted by molar-refractivity contribution is -0.126. The van der Waals surface area contributed by atoms with Gasteiger partial charge in [-0.2, -0.15) is 5.10 Å². The van der Waals surface area contributed by atoms with Gasteiger partial charge < -0.3 is 20.1 Å². The average Bonchev–Trinajstić information content (AvgIpc) is 3.19. The van der Waals surface area contributed by atoms with Gasteiger partial charge >= 0.3 is 12.2 Å². The number of alkyl carbamates (subject to hydrolysis) is 2. The van der Waals surface area contributed by atoms with Crippen LogP contribution in [0.15, 0.2) is 103 Å². The molecule has 4 aromatic rings. The number of ether oxygens (including phenoxy) is 2. The first-order valence-corrected chi connectivity index (χ1v) is 17.0. The molecule has 0 fully saturated rings. The minimum Gasteiger partial charge on any atom is -0.453 e. The number of amides is 4. The lowest BCUT2D eigenvalue weighted by Gasteiger charge is -2.28. The van der Waals surface area contributed by atoms with Gasteiger partial charge in [-0.15, -0.1) is 0 Å². The van der Waals surface area contributed by atoms with E-state index in [1.165, 1.54) is 14.2 Å². The molecule has 0 aliphatic heterocycles. The van der Waals surface area contributed by atoms with Crippen LogP contribution < -0.4 is 27.3 Å². The minimum absolute atomic E-state index is 0.419. The van der Waals surface area contributed by atoms with Gasteiger partial charge in [-0.1, -0.05) is 90.1 Å². The van der Waals surface area contributed by atoms with E-state index >= 15 is 0 Å². The Morgan fingerprint density at radius 2 is 0.982 bits per heavy atom. The van der Waals surface area contributed by atoms with Crippen molar-refractivity contribution in [1.82, 2.24) is 31.5 Å². The number of pyridine rings is 2. The van der Waals surface area contributed by atoms with Crippen molar-refractivity contribution in [3.05, 3.63) is 109 Å². The van der Waals surface area contributed by atoms with E-state index in [4.69, 9.17) is 5.84 Å². The SMILES string of the molecule is COC(=O)NC(C(=O)N/N=C\c1ccc(-c2ccncc2)cc1)C(C)(C)C.COC(=O)NC(C(=O)NN)C(C)(C)C.O=Cc1ccc(-c2ccncc2)cc1. The van der Waals surface area contributed by atoms with Crippen LogP contribution in [0.1, 0.15) is 57.5 Å². The van der Waals surface area contributed by atoms with Gasteiger partial charge in [0.2, 0.25) is 0 Å². The Kier molecular flexibility index (Phi) is 17.8. The molecule has 2 aromatic carbocycles. The number of hydrazone groups is 1. The van der Waals surface area contributed by atoms with Crippen LogP contribution in [0.5, 0.6) is 0 Å². The molecule has 0 spiro atoms. The summed E-state index contributed by atoms with van der Waals surface area (Å²) in [5, 5.41) is 8.92. The third-order valence-electron chi connectivity index (χ3n) is 7.67. The van der Waals surface area contributed by atoms with Crippen LogP contribution in [0.4, 0.5) is 9.59 Å². The summed E-state index contributed by atoms with van der Waals surface area (Å²) in [6, 6.07) is 21.5. The van der Waals surface area contributed by atoms with Gasteiger partial charge in [-0.05, 0) is 62.9 Å². The van der Waals surface area contributed by atoms with Crippen molar-refractivity contribution < 1.29 is 33.4 Å². The van der Waals surface area contributed by atoms with E-state index in [0.29, 0.717) is 5.56 Å². The van der Waals surface area contributed by atoms with E-state index in [1.807, 2.05) is 120 Å². The van der Waals surface area contributed by atoms with Crippen LogP contribution in [0, 0.1) is 10.8 Å². The predicted molar refractivity (Wildman–Crippen MR) is 210 cm³/mol. The zero-order chi connectivity index (χ0) is 41.0. The molecule has 55 heavy (non-hydrogen) atoms. The van der Waals surface area contributed by atoms with Gasteiger partial charge in [0.25, 0.3) is 11.8 Å². The van der Waals surface area contributed by atoms with Crippen molar-refractivity contribution in [2.75, 3.05) is 14.2 Å². The number of nitrogens with two attached hydrogens (primary N) is 1. The third kappa shape index (κ3) is 15.6. The fourth-order valence-corrected chi connectivity index (χ4v) is 4.63. The summed E-state index contributed by atoms with van der Waals surface area (Å²) >= 11 is 0. The Morgan fingerprint density at radius 1 is 0.618 bits per heavy atom. The van der Waals surface area contributed by atoms with Crippen molar-refractivity contribution in [2.45, 2.75) is 53.6 Å². The molecule has 15 nitrogen and oxygen atoms in total. The van der Waals surface area contributed by atoms with Crippen LogP contribution in [0.25, 0.3) is 22.3 Å². The molecule has 0 aliphatic rings. The van der Waals surface area contributed by atoms with Gasteiger partial charge in [0.1, 0.15) is 18.4 Å². The number of carbonyl (C=O) groups is 5. The first kappa shape index (κ1) is 44.7. The maximum Gasteiger partial charge on any atom is 0.407 e. The fourth-order valence-electron chi connectivity index (χ4n) is 4.63. The number of aldehydes is 1. The number of rotatable bonds is 9. The van der Waals surface area contributed by atoms with Crippen LogP contribution in [0.2, 0.25) is 0 Å². The molecular weight excluding hydrogens is 704 g/mol. The third-order valence-corrected chi connectivity index (χ3v) is 7.67. The smallest absolute Gasteiger partial charge is 0.407 e. The quantitative estimate of drug-likeness (QED) is 0.0490. The molecule has 6 N–H and O–H groups in total. The molecule has 0 saturated carbocycles. The van der Waals surface area contributed by atoms with Gasteiger partial charge in [-0.3, -0.25) is 29.8 Å². The molecule has 0 bridgehead atoms. The molecule has 2 heterocycles. The highest BCUT2D eigenvalue weighted by atomic mass is 16.5. The van der Waals surface area contributed by atoms with Crippen molar-refractivity contribution in [1.29, 1.82) is 0 Å². The summed E-state index contributed by atoms with van der Waals surface area (Å²) in [5.41, 5.74) is 9.40. The number of methoxy groups -OCH3 is 2. The first-order chi connectivity index (χ1) is 26.0. The van der Waals surface area contributed by atoms with E-state index in [-0.39, 0.29) is 0 Å². The molecule has 2 atom stereocenters. The lowest BCUT2D eigenvalue weighted by Crippen LogP contribution is -2.55. The zero-order valence-electron chi connectivity index (χ0n) is 32.3. The molecule has 292 valence electrons. The van der Waals surface area contributed by atoms with Crippen LogP contribution in [-0.4, -0.2) is 72.8 Å². The Labute approximate surface area is 321 Å². The molecule has 15 heteroatoms. The Bertz CT molecular complexity index is 1840. The summed E-state index contributed by atoms with van der Waals surface area (Å²) < 4.78 is 8.97. The predicted octanol–water partition coefficient (Wildman–Crippen LogP) is 5.28. The van der Waals surface area contributed by atoms with Crippen molar-refractivity contribution in [3.63, 3.8) is 0 Å². The van der Waals surface area contributed by atoms with Crippen LogP contribution >= 0.6 is 0 Å². The molecule has 0 aliphatic carbocycles. The summed E-state index contributed by atoms with van der Waals surface area (Å²) in [6.07, 6.45) is 8.06. The van der Waals surface area contributed by atoms with E-state index in [1.54, 1.807) is 31.0 Å². The Hall–Kier alpha value is -6.48. The zero-order valence-corrected chi connectivity index (χ0v) is 32.3. The van der Waals surface area contributed by atoms with Crippen LogP contribution in [-0.2, 0) is 19.1 Å². The van der Waals surface area contributed by atoms with E-state index < -0.39 is 46.9 Å². The maximum absolute atomic E-state index is 12.4.